The fourth-order valence-electron chi connectivity index (χ4n) is 8.03. The summed E-state index contributed by atoms with van der Waals surface area (Å²) in [5.41, 5.74) is 13.4. The molecule has 4 bridgehead atoms. The van der Waals surface area contributed by atoms with Gasteiger partial charge in [0.2, 0.25) is 0 Å². The van der Waals surface area contributed by atoms with Crippen molar-refractivity contribution < 1.29 is 20.3 Å². The molecule has 34 heavy (non-hydrogen) atoms. The van der Waals surface area contributed by atoms with Gasteiger partial charge in [0, 0.05) is 0 Å². The van der Waals surface area contributed by atoms with Gasteiger partial charge in [-0.15, -0.1) is 0 Å². The van der Waals surface area contributed by atoms with Gasteiger partial charge in [0.15, 0.2) is 0 Å². The van der Waals surface area contributed by atoms with Gasteiger partial charge in [-0.25, -0.2) is 0 Å². The Morgan fingerprint density at radius 1 is 0.647 bits per heavy atom. The molecular weight excluding hydrogens is 504 g/mol. The molecule has 2 unspecified atom stereocenters. The van der Waals surface area contributed by atoms with Gasteiger partial charge in [-0.1, -0.05) is 0 Å². The van der Waals surface area contributed by atoms with Crippen molar-refractivity contribution >= 4 is 18.5 Å². The summed E-state index contributed by atoms with van der Waals surface area (Å²) in [5, 5.41) is 3.54. The second-order valence-electron chi connectivity index (χ2n) is 14.5. The van der Waals surface area contributed by atoms with Gasteiger partial charge in [0.25, 0.3) is 0 Å². The van der Waals surface area contributed by atoms with E-state index < -0.39 is 28.3 Å². The first kappa shape index (κ1) is 24.7. The Labute approximate surface area is 214 Å². The van der Waals surface area contributed by atoms with Gasteiger partial charge >= 0.3 is 215 Å². The van der Waals surface area contributed by atoms with Crippen molar-refractivity contribution in [3.8, 4) is 0 Å². The molecule has 2 aliphatic carbocycles. The molecule has 0 aromatic heterocycles. The zero-order valence-electron chi connectivity index (χ0n) is 23.6. The van der Waals surface area contributed by atoms with E-state index in [2.05, 4.69) is 114 Å². The molecule has 0 saturated heterocycles. The first-order valence-electron chi connectivity index (χ1n) is 13.2. The van der Waals surface area contributed by atoms with Gasteiger partial charge in [-0.3, -0.25) is 0 Å². The van der Waals surface area contributed by atoms with Crippen LogP contribution in [0.1, 0.15) is 96.0 Å². The Balaban J connectivity index is 1.84. The molecule has 0 saturated carbocycles. The molecule has 1 heterocycles. The van der Waals surface area contributed by atoms with Crippen LogP contribution < -0.4 is 0 Å². The Morgan fingerprint density at radius 3 is 1.32 bits per heavy atom. The summed E-state index contributed by atoms with van der Waals surface area (Å²) in [6.07, 6.45) is 0. The Kier molecular flexibility index (Phi) is 5.30. The fourth-order valence-corrected chi connectivity index (χ4v) is 25.2. The van der Waals surface area contributed by atoms with E-state index in [9.17, 15) is 0 Å². The van der Waals surface area contributed by atoms with E-state index in [-0.39, 0.29) is 10.8 Å². The third-order valence-electron chi connectivity index (χ3n) is 9.39. The van der Waals surface area contributed by atoms with E-state index in [0.717, 1.165) is 0 Å². The number of hydrogen-bond donors (Lipinski definition) is 0. The van der Waals surface area contributed by atoms with E-state index in [1.54, 1.807) is 43.8 Å². The van der Waals surface area contributed by atoms with Crippen LogP contribution in [0.5, 0.6) is 0 Å². The van der Waals surface area contributed by atoms with Gasteiger partial charge in [-0.05, 0) is 0 Å². The zero-order chi connectivity index (χ0) is 25.2. The Morgan fingerprint density at radius 2 is 1.00 bits per heavy atom. The van der Waals surface area contributed by atoms with Gasteiger partial charge in [0.1, 0.15) is 0 Å². The summed E-state index contributed by atoms with van der Waals surface area (Å²) in [6.45, 7) is 24.5. The van der Waals surface area contributed by atoms with Crippen molar-refractivity contribution in [3.63, 3.8) is 0 Å². The van der Waals surface area contributed by atoms with Gasteiger partial charge in [0.05, 0.1) is 0 Å². The molecule has 0 amide bonds. The molecule has 2 aromatic rings. The topological polar surface area (TPSA) is 0 Å². The molecule has 0 radical (unpaired) electrons. The molecule has 2 heteroatoms. The predicted octanol–water partition coefficient (Wildman–Crippen LogP) is 9.69. The number of rotatable bonds is 0. The molecule has 1 aliphatic heterocycles. The van der Waals surface area contributed by atoms with Crippen LogP contribution in [0.2, 0.25) is 22.4 Å². The van der Waals surface area contributed by atoms with Crippen molar-refractivity contribution in [2.24, 2.45) is 0 Å². The van der Waals surface area contributed by atoms with Crippen LogP contribution in [-0.4, -0.2) is 8.07 Å². The molecular formula is C32H44SiZr. The maximum atomic E-state index is 2.76. The second kappa shape index (κ2) is 7.29. The second-order valence-corrected chi connectivity index (χ2v) is 30.6. The van der Waals surface area contributed by atoms with Crippen LogP contribution in [0.25, 0.3) is 10.4 Å². The van der Waals surface area contributed by atoms with Crippen LogP contribution in [0, 0.1) is 0 Å². The first-order valence-corrected chi connectivity index (χ1v) is 24.0. The SMILES string of the molecule is CC1=C2c3cc(C(C)(C)C)ccc3[CH]1[Zr]([CH3])([CH3])[CH]1C(C)=C(c3cc(C(C)(C)C)ccc31)[Si]2(C)C. The van der Waals surface area contributed by atoms with Crippen LogP contribution in [0.15, 0.2) is 47.5 Å². The van der Waals surface area contributed by atoms with Crippen LogP contribution in [0.3, 0.4) is 0 Å². The first-order chi connectivity index (χ1) is 15.5. The zero-order valence-corrected chi connectivity index (χ0v) is 27.1. The maximum absolute atomic E-state index is 2.76. The normalized spacial score (nSPS) is 24.7. The van der Waals surface area contributed by atoms with Crippen molar-refractivity contribution in [3.05, 3.63) is 80.9 Å². The van der Waals surface area contributed by atoms with E-state index in [1.807, 2.05) is 0 Å². The molecule has 5 rings (SSSR count). The quantitative estimate of drug-likeness (QED) is 0.288. The van der Waals surface area contributed by atoms with Crippen LogP contribution >= 0.6 is 0 Å². The molecule has 3 aliphatic rings. The summed E-state index contributed by atoms with van der Waals surface area (Å²) < 4.78 is 6.89. The minimum absolute atomic E-state index is 0.180. The monoisotopic (exact) mass is 546 g/mol. The number of hydrogen-bond acceptors (Lipinski definition) is 0. The average Bonchev–Trinajstić information content (AvgIpc) is 3.16. The summed E-state index contributed by atoms with van der Waals surface area (Å²) >= 11 is -2.72. The number of allylic oxidation sites excluding steroid dienone is 2. The standard InChI is InChI=1S/C30H38Si.2CH3.Zr/c1-19-15-21-11-13-23(29(3,4)5)17-25(21)27(19)31(9,10)28-20(2)16-22-12-14-24(18-26(22)28)30(6,7)8;;;/h11-18H,1-10H3;2*1H3;. The molecule has 0 spiro atoms. The van der Waals surface area contributed by atoms with Crippen molar-refractivity contribution in [1.82, 2.24) is 0 Å². The van der Waals surface area contributed by atoms with E-state index in [4.69, 9.17) is 0 Å². The van der Waals surface area contributed by atoms with Gasteiger partial charge < -0.3 is 0 Å². The molecule has 0 N–H and O–H groups in total. The van der Waals surface area contributed by atoms with Crippen molar-refractivity contribution in [2.75, 3.05) is 0 Å². The predicted molar refractivity (Wildman–Crippen MR) is 150 cm³/mol. The Bertz CT molecular complexity index is 1190. The number of benzene rings is 2. The minimum atomic E-state index is -2.72. The van der Waals surface area contributed by atoms with E-state index in [0.29, 0.717) is 7.25 Å². The molecule has 2 aromatic carbocycles. The van der Waals surface area contributed by atoms with Crippen molar-refractivity contribution in [2.45, 2.75) is 95.8 Å². The summed E-state index contributed by atoms with van der Waals surface area (Å²) in [5.74, 6) is 0. The third-order valence-corrected chi connectivity index (χ3v) is 24.2. The third kappa shape index (κ3) is 3.23. The van der Waals surface area contributed by atoms with E-state index >= 15 is 0 Å². The van der Waals surface area contributed by atoms with Crippen LogP contribution in [0.4, 0.5) is 0 Å². The number of fused-ring (bicyclic) bond motifs is 8. The van der Waals surface area contributed by atoms with E-state index in [1.165, 1.54) is 11.1 Å². The molecule has 180 valence electrons. The van der Waals surface area contributed by atoms with Crippen molar-refractivity contribution in [1.29, 1.82) is 0 Å². The molecule has 0 fully saturated rings. The Hall–Kier alpha value is -0.980. The van der Waals surface area contributed by atoms with Crippen LogP contribution in [-0.2, 0) is 31.1 Å². The van der Waals surface area contributed by atoms with Gasteiger partial charge in [-0.2, -0.15) is 0 Å². The molecule has 0 nitrogen and oxygen atoms in total. The summed E-state index contributed by atoms with van der Waals surface area (Å²) in [6, 6.07) is 15.2. The molecule has 2 atom stereocenters. The summed E-state index contributed by atoms with van der Waals surface area (Å²) in [7, 11) is -1.91. The summed E-state index contributed by atoms with van der Waals surface area (Å²) in [4.78, 5) is 0. The average molecular weight is 548 g/mol. The fraction of sp³-hybridized carbons (Fsp3) is 0.500.